The van der Waals surface area contributed by atoms with Crippen molar-refractivity contribution < 1.29 is 48.8 Å². The monoisotopic (exact) mass is 922 g/mol. The average Bonchev–Trinajstić information content (AvgIpc) is 3.70. The van der Waals surface area contributed by atoms with Crippen LogP contribution in [0.3, 0.4) is 0 Å². The minimum atomic E-state index is -0.935. The van der Waals surface area contributed by atoms with E-state index in [9.17, 15) is 39.6 Å². The largest absolute Gasteiger partial charge is 0.506 e. The zero-order chi connectivity index (χ0) is 48.7. The lowest BCUT2D eigenvalue weighted by molar-refractivity contribution is -0.436. The zero-order valence-electron chi connectivity index (χ0n) is 38.8. The molecule has 2 heterocycles. The number of ketones is 2. The summed E-state index contributed by atoms with van der Waals surface area (Å²) in [4.78, 5) is 52.3. The summed E-state index contributed by atoms with van der Waals surface area (Å²) in [6.07, 6.45) is 3.22. The summed E-state index contributed by atoms with van der Waals surface area (Å²) in [6.45, 7) is 8.63. The first kappa shape index (κ1) is 42.8. The molecule has 10 nitrogen and oxygen atoms in total. The Kier molecular flexibility index (Phi) is 9.18. The highest BCUT2D eigenvalue weighted by Gasteiger charge is 2.49. The van der Waals surface area contributed by atoms with Gasteiger partial charge in [0.25, 0.3) is 0 Å². The van der Waals surface area contributed by atoms with Gasteiger partial charge in [-0.05, 0) is 117 Å². The van der Waals surface area contributed by atoms with Crippen molar-refractivity contribution in [2.75, 3.05) is 13.1 Å². The van der Waals surface area contributed by atoms with Crippen LogP contribution >= 0.6 is 0 Å². The van der Waals surface area contributed by atoms with E-state index in [1.807, 2.05) is 118 Å². The molecule has 4 N–H and O–H groups in total. The lowest BCUT2D eigenvalue weighted by atomic mass is 9.75. The quantitative estimate of drug-likeness (QED) is 0.0600. The maximum Gasteiger partial charge on any atom is 0.309 e. The number of carbonyl (C=O) groups is 4. The normalized spacial score (nSPS) is 18.4. The van der Waals surface area contributed by atoms with Gasteiger partial charge in [-0.15, -0.1) is 0 Å². The van der Waals surface area contributed by atoms with Crippen molar-refractivity contribution in [1.29, 1.82) is 0 Å². The Morgan fingerprint density at radius 1 is 0.514 bits per heavy atom. The molecule has 12 rings (SSSR count). The number of aliphatic hydroxyl groups is 2. The van der Waals surface area contributed by atoms with Crippen molar-refractivity contribution in [3.05, 3.63) is 178 Å². The fourth-order valence-electron chi connectivity index (χ4n) is 12.0. The molecule has 0 saturated heterocycles. The van der Waals surface area contributed by atoms with Crippen molar-refractivity contribution in [1.82, 2.24) is 0 Å². The molecule has 342 valence electrons. The van der Waals surface area contributed by atoms with Crippen LogP contribution < -0.4 is 0 Å². The highest BCUT2D eigenvalue weighted by atomic mass is 16.4. The SMILES string of the molecule is CC1(C)C(C=C2C(=O)C(c3cc4ccc5ccc(C6=C(O)C(=CC7=[N+](CCC(=O)O)c8ccc9ccccc9c8C7(C)C)C6=O)c6ccc(c3)c4c56)=C2O)=[N+](CCC(=O)O)c2ccc3ccccc3c21. The molecule has 0 radical (unpaired) electrons. The molecule has 0 bridgehead atoms. The molecule has 0 aromatic heterocycles. The Morgan fingerprint density at radius 3 is 1.46 bits per heavy atom. The van der Waals surface area contributed by atoms with Crippen molar-refractivity contribution in [2.24, 2.45) is 0 Å². The van der Waals surface area contributed by atoms with Gasteiger partial charge in [-0.1, -0.05) is 84.9 Å². The Bertz CT molecular complexity index is 3990. The lowest BCUT2D eigenvalue weighted by Gasteiger charge is -2.25. The maximum atomic E-state index is 14.4. The summed E-state index contributed by atoms with van der Waals surface area (Å²) in [5.41, 5.74) is 5.90. The van der Waals surface area contributed by atoms with Gasteiger partial charge in [-0.25, -0.2) is 0 Å². The topological polar surface area (TPSA) is 155 Å². The second kappa shape index (κ2) is 15.0. The number of hydrogen-bond acceptors (Lipinski definition) is 6. The van der Waals surface area contributed by atoms with Crippen LogP contribution in [0.15, 0.2) is 156 Å². The van der Waals surface area contributed by atoms with Gasteiger partial charge in [0, 0.05) is 35.4 Å². The molecule has 8 aromatic rings. The summed E-state index contributed by atoms with van der Waals surface area (Å²) in [5.74, 6) is -2.75. The summed E-state index contributed by atoms with van der Waals surface area (Å²) in [6, 6.07) is 39.6. The van der Waals surface area contributed by atoms with Crippen molar-refractivity contribution in [3.8, 4) is 0 Å². The number of nitrogens with zero attached hydrogens (tertiary/aromatic N) is 2. The van der Waals surface area contributed by atoms with Crippen LogP contribution in [0, 0.1) is 0 Å². The third-order valence-corrected chi connectivity index (χ3v) is 15.3. The van der Waals surface area contributed by atoms with Crippen LogP contribution in [-0.4, -0.2) is 77.6 Å². The number of carbonyl (C=O) groups excluding carboxylic acids is 2. The molecule has 0 fully saturated rings. The van der Waals surface area contributed by atoms with E-state index in [1.54, 1.807) is 12.2 Å². The number of allylic oxidation sites excluding steroid dienone is 6. The minimum Gasteiger partial charge on any atom is -0.506 e. The molecule has 0 atom stereocenters. The number of aliphatic carboxylic acids is 2. The van der Waals surface area contributed by atoms with Gasteiger partial charge >= 0.3 is 11.9 Å². The van der Waals surface area contributed by atoms with Gasteiger partial charge < -0.3 is 20.4 Å². The third-order valence-electron chi connectivity index (χ3n) is 15.3. The van der Waals surface area contributed by atoms with E-state index >= 15 is 0 Å². The van der Waals surface area contributed by atoms with E-state index in [0.717, 1.165) is 87.8 Å². The summed E-state index contributed by atoms with van der Waals surface area (Å²) < 4.78 is 3.92. The van der Waals surface area contributed by atoms with Gasteiger partial charge in [0.15, 0.2) is 24.5 Å². The fraction of sp³-hybridized carbons (Fsp3) is 0.167. The third kappa shape index (κ3) is 5.98. The van der Waals surface area contributed by atoms with Crippen molar-refractivity contribution in [2.45, 2.75) is 51.4 Å². The van der Waals surface area contributed by atoms with Crippen LogP contribution in [-0.2, 0) is 30.0 Å². The molecule has 0 amide bonds. The molecule has 0 unspecified atom stereocenters. The molecule has 10 heteroatoms. The maximum absolute atomic E-state index is 14.4. The molecule has 8 aromatic carbocycles. The molecule has 0 saturated carbocycles. The molecule has 2 aliphatic heterocycles. The predicted octanol–water partition coefficient (Wildman–Crippen LogP) is 11.5. The van der Waals surface area contributed by atoms with Crippen molar-refractivity contribution in [3.63, 3.8) is 0 Å². The van der Waals surface area contributed by atoms with Gasteiger partial charge in [-0.3, -0.25) is 19.2 Å². The number of hydrogen-bond donors (Lipinski definition) is 4. The molecule has 70 heavy (non-hydrogen) atoms. The Morgan fingerprint density at radius 2 is 0.957 bits per heavy atom. The van der Waals surface area contributed by atoms with Crippen LogP contribution in [0.5, 0.6) is 0 Å². The predicted molar refractivity (Wildman–Crippen MR) is 273 cm³/mol. The van der Waals surface area contributed by atoms with Crippen LogP contribution in [0.2, 0.25) is 0 Å². The summed E-state index contributed by atoms with van der Waals surface area (Å²) >= 11 is 0. The number of rotatable bonds is 10. The Balaban J connectivity index is 0.921. The average molecular weight is 923 g/mol. The number of benzene rings is 8. The van der Waals surface area contributed by atoms with E-state index in [1.165, 1.54) is 0 Å². The standard InChI is InChI=1S/C60H44N2O8/c1-59(2)45(61(25-23-47(63)64)43-21-17-31-9-5-7-11-37(31)53(43)59)29-41-55(67)51(56(41)68)36-27-34-14-13-33-15-19-40(39-20-16-35(28-36)49(34)50(33)39)52-57(69)42(58(52)70)30-46-60(3,4)54-38-12-8-6-10-32(38)18-22-44(54)62(46)26-24-48(65)66/h5-22,27-30H,23-26H2,1-4H3,(H2-2,63,64,65,66,67,68,69,70)/p+2. The Hall–Kier alpha value is -8.50. The number of aliphatic hydroxyl groups excluding tert-OH is 2. The van der Waals surface area contributed by atoms with Gasteiger partial charge in [0.05, 0.1) is 33.1 Å². The first-order valence-corrected chi connectivity index (χ1v) is 23.5. The first-order chi connectivity index (χ1) is 33.6. The molecule has 2 aliphatic carbocycles. The number of carboxylic acid groups (broad SMARTS) is 2. The highest BCUT2D eigenvalue weighted by Crippen LogP contribution is 2.50. The first-order valence-electron chi connectivity index (χ1n) is 23.5. The minimum absolute atomic E-state index is 0.114. The van der Waals surface area contributed by atoms with Crippen molar-refractivity contribution >= 4 is 111 Å². The van der Waals surface area contributed by atoms with E-state index in [0.29, 0.717) is 11.1 Å². The van der Waals surface area contributed by atoms with E-state index in [4.69, 9.17) is 0 Å². The number of carboxylic acids is 2. The van der Waals surface area contributed by atoms with Crippen LogP contribution in [0.4, 0.5) is 11.4 Å². The number of Topliss-reactive ketones (excluding diaryl/α,β-unsaturated/α-hetero) is 2. The number of fused-ring (bicyclic) bond motifs is 6. The second-order valence-electron chi connectivity index (χ2n) is 19.9. The van der Waals surface area contributed by atoms with E-state index < -0.39 is 22.8 Å². The second-order valence-corrected chi connectivity index (χ2v) is 19.9. The van der Waals surface area contributed by atoms with Gasteiger partial charge in [-0.2, -0.15) is 9.15 Å². The van der Waals surface area contributed by atoms with E-state index in [-0.39, 0.29) is 71.3 Å². The lowest BCUT2D eigenvalue weighted by Crippen LogP contribution is -2.31. The van der Waals surface area contributed by atoms with Gasteiger partial charge in [0.1, 0.15) is 24.4 Å². The molecule has 4 aliphatic rings. The molecular formula is C60H46N2O8+2. The highest BCUT2D eigenvalue weighted by molar-refractivity contribution is 6.43. The fourth-order valence-corrected chi connectivity index (χ4v) is 12.0. The van der Waals surface area contributed by atoms with E-state index in [2.05, 4.69) is 39.8 Å². The zero-order valence-corrected chi connectivity index (χ0v) is 38.8. The molecular weight excluding hydrogens is 877 g/mol. The smallest absolute Gasteiger partial charge is 0.309 e. The summed E-state index contributed by atoms with van der Waals surface area (Å²) in [7, 11) is 0. The Labute approximate surface area is 401 Å². The molecule has 0 spiro atoms. The van der Waals surface area contributed by atoms with Crippen LogP contribution in [0.1, 0.15) is 62.8 Å². The van der Waals surface area contributed by atoms with Gasteiger partial charge in [0.2, 0.25) is 22.9 Å². The van der Waals surface area contributed by atoms with Crippen LogP contribution in [0.25, 0.3) is 65.0 Å². The summed E-state index contributed by atoms with van der Waals surface area (Å²) in [5, 5.41) is 52.4.